The zero-order chi connectivity index (χ0) is 19.6. The first kappa shape index (κ1) is 18.8. The molecule has 1 aliphatic heterocycles. The summed E-state index contributed by atoms with van der Waals surface area (Å²) < 4.78 is 54.0. The van der Waals surface area contributed by atoms with Gasteiger partial charge in [0.25, 0.3) is 0 Å². The summed E-state index contributed by atoms with van der Waals surface area (Å²) in [7, 11) is -0.837. The van der Waals surface area contributed by atoms with E-state index in [0.29, 0.717) is 37.0 Å². The van der Waals surface area contributed by atoms with Crippen molar-refractivity contribution in [1.82, 2.24) is 9.55 Å². The van der Waals surface area contributed by atoms with Gasteiger partial charge < -0.3 is 19.0 Å². The van der Waals surface area contributed by atoms with Crippen LogP contribution in [0.3, 0.4) is 0 Å². The van der Waals surface area contributed by atoms with E-state index in [-0.39, 0.29) is 17.0 Å². The molecule has 0 amide bonds. The zero-order valence-electron chi connectivity index (χ0n) is 15.5. The minimum absolute atomic E-state index is 0.0755. The number of aliphatic hydroxyl groups is 1. The Morgan fingerprint density at radius 2 is 1.81 bits per heavy atom. The second-order valence-corrected chi connectivity index (χ2v) is 8.76. The van der Waals surface area contributed by atoms with Crippen LogP contribution in [-0.4, -0.2) is 40.6 Å². The van der Waals surface area contributed by atoms with Crippen molar-refractivity contribution < 1.29 is 27.6 Å². The molecule has 2 aromatic rings. The van der Waals surface area contributed by atoms with E-state index in [4.69, 9.17) is 9.31 Å². The molecule has 1 aliphatic carbocycles. The predicted molar refractivity (Wildman–Crippen MR) is 94.7 cm³/mol. The highest BCUT2D eigenvalue weighted by Crippen LogP contribution is 2.43. The zero-order valence-corrected chi connectivity index (χ0v) is 15.5. The summed E-state index contributed by atoms with van der Waals surface area (Å²) in [6.07, 6.45) is -2.15. The molecule has 1 saturated carbocycles. The molecule has 2 aliphatic rings. The highest BCUT2D eigenvalue weighted by atomic mass is 19.4. The minimum Gasteiger partial charge on any atom is -0.407 e. The van der Waals surface area contributed by atoms with Gasteiger partial charge in [-0.3, -0.25) is 0 Å². The van der Waals surface area contributed by atoms with Crippen molar-refractivity contribution in [2.75, 3.05) is 13.2 Å². The summed E-state index contributed by atoms with van der Waals surface area (Å²) in [4.78, 5) is 4.02. The second-order valence-electron chi connectivity index (χ2n) is 8.76. The maximum absolute atomic E-state index is 13.6. The van der Waals surface area contributed by atoms with Crippen LogP contribution < -0.4 is 5.46 Å². The number of nitrogens with zero attached hydrogens (tertiary/aromatic N) is 2. The Balaban J connectivity index is 1.76. The van der Waals surface area contributed by atoms with Gasteiger partial charge in [0.05, 0.1) is 23.0 Å². The predicted octanol–water partition coefficient (Wildman–Crippen LogP) is 2.91. The van der Waals surface area contributed by atoms with Gasteiger partial charge in [-0.05, 0) is 37.4 Å². The molecule has 1 N–H and O–H groups in total. The van der Waals surface area contributed by atoms with Gasteiger partial charge in [-0.2, -0.15) is 13.2 Å². The monoisotopic (exact) mass is 382 g/mol. The fourth-order valence-corrected chi connectivity index (χ4v) is 3.84. The van der Waals surface area contributed by atoms with Gasteiger partial charge in [-0.15, -0.1) is 0 Å². The van der Waals surface area contributed by atoms with Gasteiger partial charge in [0, 0.05) is 24.7 Å². The van der Waals surface area contributed by atoms with Crippen LogP contribution in [0.1, 0.15) is 45.2 Å². The summed E-state index contributed by atoms with van der Waals surface area (Å²) in [6.45, 7) is 6.49. The molecule has 0 spiro atoms. The maximum Gasteiger partial charge on any atom is 0.493 e. The van der Waals surface area contributed by atoms with E-state index >= 15 is 0 Å². The van der Waals surface area contributed by atoms with E-state index in [9.17, 15) is 18.3 Å². The number of halogens is 3. The average Bonchev–Trinajstić information content (AvgIpc) is 2.94. The molecule has 146 valence electrons. The number of fused-ring (bicyclic) bond motifs is 1. The molecule has 27 heavy (non-hydrogen) atoms. The molecule has 1 aromatic carbocycles. The largest absolute Gasteiger partial charge is 0.493 e. The molecule has 1 aromatic heterocycles. The first-order valence-corrected chi connectivity index (χ1v) is 8.99. The van der Waals surface area contributed by atoms with Crippen LogP contribution in [0, 0.1) is 5.41 Å². The van der Waals surface area contributed by atoms with Gasteiger partial charge in [0.2, 0.25) is 0 Å². The lowest BCUT2D eigenvalue weighted by Gasteiger charge is -2.41. The molecular weight excluding hydrogens is 360 g/mol. The first-order valence-electron chi connectivity index (χ1n) is 8.99. The Morgan fingerprint density at radius 1 is 1.19 bits per heavy atom. The number of hydrogen-bond acceptors (Lipinski definition) is 4. The van der Waals surface area contributed by atoms with E-state index in [0.717, 1.165) is 6.07 Å². The van der Waals surface area contributed by atoms with Gasteiger partial charge in [-0.1, -0.05) is 13.8 Å². The lowest BCUT2D eigenvalue weighted by molar-refractivity contribution is -0.136. The Kier molecular flexibility index (Phi) is 4.14. The van der Waals surface area contributed by atoms with E-state index in [2.05, 4.69) is 4.98 Å². The molecule has 0 bridgehead atoms. The molecule has 0 unspecified atom stereocenters. The van der Waals surface area contributed by atoms with Crippen LogP contribution >= 0.6 is 0 Å². The van der Waals surface area contributed by atoms with Gasteiger partial charge in [0.1, 0.15) is 5.52 Å². The summed E-state index contributed by atoms with van der Waals surface area (Å²) in [5.74, 6) is 0. The molecule has 2 heterocycles. The summed E-state index contributed by atoms with van der Waals surface area (Å²) in [5, 5.41) is 9.99. The molecule has 4 rings (SSSR count). The quantitative estimate of drug-likeness (QED) is 0.812. The molecule has 1 saturated heterocycles. The van der Waals surface area contributed by atoms with E-state index in [1.54, 1.807) is 17.6 Å². The highest BCUT2D eigenvalue weighted by Gasteiger charge is 2.42. The number of benzene rings is 1. The summed E-state index contributed by atoms with van der Waals surface area (Å²) in [6, 6.07) is 2.65. The third-order valence-electron chi connectivity index (χ3n) is 5.27. The van der Waals surface area contributed by atoms with E-state index < -0.39 is 24.5 Å². The standard InChI is InChI=1S/C18H22BF3N2O3/c1-16(2)8-26-19(27-9-16)11-4-13(18(20,21)22)15-14(5-11)24(10-23-15)12-6-17(3,25)7-12/h4-5,10,12,25H,6-9H2,1-3H3. The van der Waals surface area contributed by atoms with Gasteiger partial charge in [0.15, 0.2) is 0 Å². The SMILES string of the molecule is CC1(C)COB(c2cc(C(F)(F)F)c3ncn(C4CC(C)(O)C4)c3c2)OC1. The Hall–Kier alpha value is -1.58. The lowest BCUT2D eigenvalue weighted by Crippen LogP contribution is -2.47. The molecule has 9 heteroatoms. The van der Waals surface area contributed by atoms with Crippen molar-refractivity contribution in [1.29, 1.82) is 0 Å². The Morgan fingerprint density at radius 3 is 2.37 bits per heavy atom. The fraction of sp³-hybridized carbons (Fsp3) is 0.611. The van der Waals surface area contributed by atoms with Gasteiger partial charge >= 0.3 is 13.3 Å². The Labute approximate surface area is 155 Å². The third-order valence-corrected chi connectivity index (χ3v) is 5.27. The van der Waals surface area contributed by atoms with Crippen LogP contribution in [0.25, 0.3) is 11.0 Å². The van der Waals surface area contributed by atoms with Crippen LogP contribution in [0.15, 0.2) is 18.5 Å². The van der Waals surface area contributed by atoms with Crippen LogP contribution in [-0.2, 0) is 15.5 Å². The lowest BCUT2D eigenvalue weighted by atomic mass is 9.74. The maximum atomic E-state index is 13.6. The smallest absolute Gasteiger partial charge is 0.407 e. The molecule has 0 radical (unpaired) electrons. The first-order chi connectivity index (χ1) is 12.5. The van der Waals surface area contributed by atoms with Crippen molar-refractivity contribution in [2.24, 2.45) is 5.41 Å². The number of rotatable bonds is 2. The number of hydrogen-bond donors (Lipinski definition) is 1. The topological polar surface area (TPSA) is 56.5 Å². The van der Waals surface area contributed by atoms with Crippen molar-refractivity contribution in [2.45, 2.75) is 51.4 Å². The summed E-state index contributed by atoms with van der Waals surface area (Å²) in [5.41, 5.74) is -1.12. The van der Waals surface area contributed by atoms with Crippen molar-refractivity contribution in [3.05, 3.63) is 24.0 Å². The number of imidazole rings is 1. The highest BCUT2D eigenvalue weighted by molar-refractivity contribution is 6.61. The van der Waals surface area contributed by atoms with E-state index in [1.165, 1.54) is 6.33 Å². The molecule has 0 atom stereocenters. The molecule has 5 nitrogen and oxygen atoms in total. The molecule has 2 fully saturated rings. The minimum atomic E-state index is -4.54. The second kappa shape index (κ2) is 5.96. The van der Waals surface area contributed by atoms with Crippen molar-refractivity contribution in [3.63, 3.8) is 0 Å². The van der Waals surface area contributed by atoms with Crippen molar-refractivity contribution >= 4 is 23.6 Å². The fourth-order valence-electron chi connectivity index (χ4n) is 3.84. The van der Waals surface area contributed by atoms with Crippen LogP contribution in [0.2, 0.25) is 0 Å². The third kappa shape index (κ3) is 3.48. The molecular formula is C18H22BF3N2O3. The van der Waals surface area contributed by atoms with Crippen LogP contribution in [0.5, 0.6) is 0 Å². The van der Waals surface area contributed by atoms with E-state index in [1.807, 2.05) is 13.8 Å². The average molecular weight is 382 g/mol. The number of alkyl halides is 3. The van der Waals surface area contributed by atoms with Crippen LogP contribution in [0.4, 0.5) is 13.2 Å². The van der Waals surface area contributed by atoms with Gasteiger partial charge in [-0.25, -0.2) is 4.98 Å². The normalized spacial score (nSPS) is 28.4. The Bertz CT molecular complexity index is 861. The van der Waals surface area contributed by atoms with Crippen molar-refractivity contribution in [3.8, 4) is 0 Å². The summed E-state index contributed by atoms with van der Waals surface area (Å²) >= 11 is 0. The number of aromatic nitrogens is 2.